The van der Waals surface area contributed by atoms with E-state index in [9.17, 15) is 9.59 Å². The summed E-state index contributed by atoms with van der Waals surface area (Å²) in [5, 5.41) is 2.74. The number of esters is 1. The molecular formula is C18H19NO4. The summed E-state index contributed by atoms with van der Waals surface area (Å²) in [6, 6.07) is 15.9. The van der Waals surface area contributed by atoms with E-state index in [1.165, 1.54) is 0 Å². The van der Waals surface area contributed by atoms with Gasteiger partial charge in [-0.3, -0.25) is 4.79 Å². The van der Waals surface area contributed by atoms with Crippen molar-refractivity contribution in [2.75, 3.05) is 7.11 Å². The number of nitrogens with one attached hydrogen (secondary N) is 1. The third kappa shape index (κ3) is 4.85. The second-order valence-corrected chi connectivity index (χ2v) is 4.98. The van der Waals surface area contributed by atoms with E-state index in [0.29, 0.717) is 12.1 Å². The molecular weight excluding hydrogens is 294 g/mol. The maximum atomic E-state index is 12.0. The Kier molecular flexibility index (Phi) is 5.74. The summed E-state index contributed by atoms with van der Waals surface area (Å²) in [4.78, 5) is 23.9. The first-order chi connectivity index (χ1) is 11.1. The van der Waals surface area contributed by atoms with Gasteiger partial charge in [0.15, 0.2) is 6.10 Å². The van der Waals surface area contributed by atoms with Gasteiger partial charge in [-0.15, -0.1) is 0 Å². The molecule has 1 unspecified atom stereocenters. The summed E-state index contributed by atoms with van der Waals surface area (Å²) in [6.45, 7) is 1.90. The lowest BCUT2D eigenvalue weighted by molar-refractivity contribution is -0.129. The van der Waals surface area contributed by atoms with Crippen molar-refractivity contribution in [2.45, 2.75) is 19.6 Å². The Bertz CT molecular complexity index is 652. The van der Waals surface area contributed by atoms with Crippen LogP contribution in [0.2, 0.25) is 0 Å². The smallest absolute Gasteiger partial charge is 0.338 e. The standard InChI is InChI=1S/C18H19NO4/c1-13(23-18(21)15-6-4-3-5-7-15)17(20)19-12-14-8-10-16(22-2)11-9-14/h3-11,13H,12H2,1-2H3,(H,19,20). The highest BCUT2D eigenvalue weighted by molar-refractivity contribution is 5.92. The molecule has 0 bridgehead atoms. The number of carbonyl (C=O) groups is 2. The number of methoxy groups -OCH3 is 1. The average molecular weight is 313 g/mol. The molecule has 2 rings (SSSR count). The Morgan fingerprint density at radius 2 is 1.70 bits per heavy atom. The van der Waals surface area contributed by atoms with Gasteiger partial charge in [0.2, 0.25) is 0 Å². The molecule has 120 valence electrons. The van der Waals surface area contributed by atoms with E-state index in [4.69, 9.17) is 9.47 Å². The molecule has 2 aromatic carbocycles. The van der Waals surface area contributed by atoms with Crippen molar-refractivity contribution in [1.29, 1.82) is 0 Å². The van der Waals surface area contributed by atoms with Gasteiger partial charge in [-0.1, -0.05) is 30.3 Å². The molecule has 0 aliphatic carbocycles. The fourth-order valence-corrected chi connectivity index (χ4v) is 1.93. The zero-order valence-corrected chi connectivity index (χ0v) is 13.1. The molecule has 5 nitrogen and oxygen atoms in total. The van der Waals surface area contributed by atoms with E-state index in [1.807, 2.05) is 30.3 Å². The molecule has 0 aliphatic heterocycles. The molecule has 0 fully saturated rings. The first-order valence-corrected chi connectivity index (χ1v) is 7.27. The molecule has 5 heteroatoms. The van der Waals surface area contributed by atoms with Gasteiger partial charge >= 0.3 is 5.97 Å². The largest absolute Gasteiger partial charge is 0.497 e. The molecule has 1 amide bonds. The highest BCUT2D eigenvalue weighted by Crippen LogP contribution is 2.11. The van der Waals surface area contributed by atoms with Crippen molar-refractivity contribution in [2.24, 2.45) is 0 Å². The summed E-state index contributed by atoms with van der Waals surface area (Å²) < 4.78 is 10.2. The summed E-state index contributed by atoms with van der Waals surface area (Å²) in [6.07, 6.45) is -0.860. The summed E-state index contributed by atoms with van der Waals surface area (Å²) >= 11 is 0. The zero-order valence-electron chi connectivity index (χ0n) is 13.1. The minimum absolute atomic E-state index is 0.343. The molecule has 0 heterocycles. The second-order valence-electron chi connectivity index (χ2n) is 4.98. The first-order valence-electron chi connectivity index (χ1n) is 7.27. The second kappa shape index (κ2) is 7.98. The lowest BCUT2D eigenvalue weighted by atomic mass is 10.2. The summed E-state index contributed by atoms with van der Waals surface area (Å²) in [5.74, 6) is -0.104. The minimum atomic E-state index is -0.860. The van der Waals surface area contributed by atoms with Crippen molar-refractivity contribution >= 4 is 11.9 Å². The van der Waals surface area contributed by atoms with Crippen molar-refractivity contribution < 1.29 is 19.1 Å². The van der Waals surface area contributed by atoms with Crippen molar-refractivity contribution in [1.82, 2.24) is 5.32 Å². The van der Waals surface area contributed by atoms with Gasteiger partial charge in [-0.2, -0.15) is 0 Å². The molecule has 0 aliphatic rings. The van der Waals surface area contributed by atoms with Crippen LogP contribution in [0, 0.1) is 0 Å². The van der Waals surface area contributed by atoms with Gasteiger partial charge in [0, 0.05) is 6.54 Å². The molecule has 0 saturated heterocycles. The van der Waals surface area contributed by atoms with Gasteiger partial charge in [0.05, 0.1) is 12.7 Å². The highest BCUT2D eigenvalue weighted by atomic mass is 16.5. The van der Waals surface area contributed by atoms with Crippen molar-refractivity contribution in [3.8, 4) is 5.75 Å². The SMILES string of the molecule is COc1ccc(CNC(=O)C(C)OC(=O)c2ccccc2)cc1. The van der Waals surface area contributed by atoms with Crippen LogP contribution in [-0.4, -0.2) is 25.1 Å². The summed E-state index contributed by atoms with van der Waals surface area (Å²) in [7, 11) is 1.60. The van der Waals surface area contributed by atoms with E-state index in [0.717, 1.165) is 11.3 Å². The molecule has 0 radical (unpaired) electrons. The van der Waals surface area contributed by atoms with Gasteiger partial charge in [0.1, 0.15) is 5.75 Å². The molecule has 0 saturated carbocycles. The highest BCUT2D eigenvalue weighted by Gasteiger charge is 2.18. The van der Waals surface area contributed by atoms with Crippen molar-refractivity contribution in [3.63, 3.8) is 0 Å². The quantitative estimate of drug-likeness (QED) is 0.833. The Hall–Kier alpha value is -2.82. The van der Waals surface area contributed by atoms with Crippen LogP contribution in [0.15, 0.2) is 54.6 Å². The van der Waals surface area contributed by atoms with Gasteiger partial charge in [0.25, 0.3) is 5.91 Å². The first kappa shape index (κ1) is 16.5. The molecule has 2 aromatic rings. The Labute approximate surface area is 135 Å². The molecule has 0 aromatic heterocycles. The van der Waals surface area contributed by atoms with Crippen LogP contribution in [0.25, 0.3) is 0 Å². The summed E-state index contributed by atoms with van der Waals surface area (Å²) in [5.41, 5.74) is 1.35. The van der Waals surface area contributed by atoms with Crippen LogP contribution in [-0.2, 0) is 16.1 Å². The Morgan fingerprint density at radius 1 is 1.04 bits per heavy atom. The predicted molar refractivity (Wildman–Crippen MR) is 86.2 cm³/mol. The molecule has 1 N–H and O–H groups in total. The van der Waals surface area contributed by atoms with E-state index >= 15 is 0 Å². The van der Waals surface area contributed by atoms with Crippen LogP contribution in [0.1, 0.15) is 22.8 Å². The number of hydrogen-bond acceptors (Lipinski definition) is 4. The van der Waals surface area contributed by atoms with Crippen LogP contribution in [0.5, 0.6) is 5.75 Å². The minimum Gasteiger partial charge on any atom is -0.497 e. The third-order valence-corrected chi connectivity index (χ3v) is 3.29. The van der Waals surface area contributed by atoms with Crippen LogP contribution in [0.4, 0.5) is 0 Å². The fourth-order valence-electron chi connectivity index (χ4n) is 1.93. The van der Waals surface area contributed by atoms with Crippen LogP contribution in [0.3, 0.4) is 0 Å². The van der Waals surface area contributed by atoms with Gasteiger partial charge in [-0.05, 0) is 36.8 Å². The lowest BCUT2D eigenvalue weighted by Crippen LogP contribution is -2.35. The van der Waals surface area contributed by atoms with E-state index in [2.05, 4.69) is 5.32 Å². The topological polar surface area (TPSA) is 64.6 Å². The Balaban J connectivity index is 1.83. The van der Waals surface area contributed by atoms with Crippen LogP contribution < -0.4 is 10.1 Å². The monoisotopic (exact) mass is 313 g/mol. The number of benzene rings is 2. The van der Waals surface area contributed by atoms with Gasteiger partial charge in [-0.25, -0.2) is 4.79 Å². The number of carbonyl (C=O) groups excluding carboxylic acids is 2. The molecule has 1 atom stereocenters. The van der Waals surface area contributed by atoms with Gasteiger partial charge < -0.3 is 14.8 Å². The lowest BCUT2D eigenvalue weighted by Gasteiger charge is -2.13. The van der Waals surface area contributed by atoms with Crippen LogP contribution >= 0.6 is 0 Å². The molecule has 23 heavy (non-hydrogen) atoms. The van der Waals surface area contributed by atoms with E-state index in [-0.39, 0.29) is 5.91 Å². The number of rotatable bonds is 6. The number of hydrogen-bond donors (Lipinski definition) is 1. The van der Waals surface area contributed by atoms with E-state index in [1.54, 1.807) is 38.3 Å². The normalized spacial score (nSPS) is 11.4. The Morgan fingerprint density at radius 3 is 2.30 bits per heavy atom. The van der Waals surface area contributed by atoms with E-state index < -0.39 is 12.1 Å². The zero-order chi connectivity index (χ0) is 16.7. The molecule has 0 spiro atoms. The number of ether oxygens (including phenoxy) is 2. The third-order valence-electron chi connectivity index (χ3n) is 3.29. The van der Waals surface area contributed by atoms with Crippen molar-refractivity contribution in [3.05, 3.63) is 65.7 Å². The fraction of sp³-hybridized carbons (Fsp3) is 0.222. The maximum Gasteiger partial charge on any atom is 0.338 e. The average Bonchev–Trinajstić information content (AvgIpc) is 2.60. The number of amides is 1. The maximum absolute atomic E-state index is 12.0. The predicted octanol–water partition coefficient (Wildman–Crippen LogP) is 2.56.